The molecule has 28 heavy (non-hydrogen) atoms. The third-order valence-electron chi connectivity index (χ3n) is 3.09. The molecule has 1 saturated heterocycles. The highest BCUT2D eigenvalue weighted by Gasteiger charge is 2.42. The molecule has 1 aromatic heterocycles. The molecule has 2 unspecified atom stereocenters. The number of nitrogens with zero attached hydrogens (tertiary/aromatic N) is 1. The van der Waals surface area contributed by atoms with Gasteiger partial charge in [-0.15, -0.1) is 0 Å². The zero-order chi connectivity index (χ0) is 21.3. The first-order chi connectivity index (χ1) is 12.7. The molecule has 5 atom stereocenters. The van der Waals surface area contributed by atoms with E-state index in [9.17, 15) is 23.0 Å². The first-order valence-electron chi connectivity index (χ1n) is 7.07. The van der Waals surface area contributed by atoms with E-state index in [1.54, 1.807) is 0 Å². The second-order valence-corrected chi connectivity index (χ2v) is 10.6. The van der Waals surface area contributed by atoms with Crippen LogP contribution in [0, 0.1) is 9.41 Å². The Balaban J connectivity index is 1.98. The Morgan fingerprint density at radius 1 is 1.21 bits per heavy atom. The van der Waals surface area contributed by atoms with Crippen LogP contribution < -0.4 is 0 Å². The fraction of sp³-hybridized carbons (Fsp3) is 0.556. The summed E-state index contributed by atoms with van der Waals surface area (Å²) in [6, 6.07) is 1.45. The highest BCUT2D eigenvalue weighted by atomic mass is 32.1. The highest BCUT2D eigenvalue weighted by Crippen LogP contribution is 2.66. The molecule has 13 nitrogen and oxygen atoms in total. The van der Waals surface area contributed by atoms with Crippen molar-refractivity contribution in [1.29, 1.82) is 0 Å². The molecule has 19 heteroatoms. The van der Waals surface area contributed by atoms with Crippen molar-refractivity contribution in [3.63, 3.8) is 0 Å². The third-order valence-corrected chi connectivity index (χ3v) is 7.45. The Kier molecular flexibility index (Phi) is 7.66. The van der Waals surface area contributed by atoms with Gasteiger partial charge in [0.1, 0.15) is 10.8 Å². The number of alkyl halides is 1. The molecule has 0 bridgehead atoms. The number of halogens is 1. The van der Waals surface area contributed by atoms with Crippen LogP contribution in [-0.2, 0) is 31.6 Å². The van der Waals surface area contributed by atoms with Gasteiger partial charge in [0.05, 0.1) is 12.7 Å². The number of phosphoric ester groups is 1. The van der Waals surface area contributed by atoms with Gasteiger partial charge < -0.3 is 29.3 Å². The van der Waals surface area contributed by atoms with E-state index in [-0.39, 0.29) is 11.2 Å². The second-order valence-electron chi connectivity index (χ2n) is 5.30. The zero-order valence-corrected chi connectivity index (χ0v) is 17.7. The van der Waals surface area contributed by atoms with Crippen LogP contribution in [0.25, 0.3) is 0 Å². The molecule has 1 aromatic rings. The summed E-state index contributed by atoms with van der Waals surface area (Å²) < 4.78 is 66.2. The fourth-order valence-corrected chi connectivity index (χ4v) is 5.71. The zero-order valence-electron chi connectivity index (χ0n) is 13.4. The van der Waals surface area contributed by atoms with Crippen LogP contribution in [0.5, 0.6) is 0 Å². The molecular weight excluding hydrogens is 488 g/mol. The van der Waals surface area contributed by atoms with Crippen molar-refractivity contribution in [1.82, 2.24) is 9.55 Å². The van der Waals surface area contributed by atoms with Crippen molar-refractivity contribution in [2.45, 2.75) is 24.9 Å². The van der Waals surface area contributed by atoms with Crippen molar-refractivity contribution >= 4 is 47.9 Å². The van der Waals surface area contributed by atoms with Crippen LogP contribution in [0.1, 0.15) is 12.6 Å². The normalized spacial score (nSPS) is 27.2. The van der Waals surface area contributed by atoms with E-state index in [0.29, 0.717) is 4.64 Å². The molecule has 0 aliphatic carbocycles. The Hall–Kier alpha value is -0.180. The number of rotatable bonds is 8. The highest BCUT2D eigenvalue weighted by molar-refractivity contribution is 7.72. The predicted molar refractivity (Wildman–Crippen MR) is 93.7 cm³/mol. The van der Waals surface area contributed by atoms with Crippen LogP contribution >= 0.6 is 47.9 Å². The largest absolute Gasteiger partial charge is 0.490 e. The minimum absolute atomic E-state index is 0.0775. The summed E-state index contributed by atoms with van der Waals surface area (Å²) in [5.41, 5.74) is 0. The summed E-state index contributed by atoms with van der Waals surface area (Å²) in [6.07, 6.45) is -2.73. The van der Waals surface area contributed by atoms with Gasteiger partial charge in [-0.05, 0) is 18.3 Å². The summed E-state index contributed by atoms with van der Waals surface area (Å²) in [4.78, 5) is 37.9. The predicted octanol–water partition coefficient (Wildman–Crippen LogP) is 2.24. The monoisotopic (exact) mass is 502 g/mol. The maximum Gasteiger partial charge on any atom is 0.490 e. The topological polar surface area (TPSA) is 190 Å². The van der Waals surface area contributed by atoms with Gasteiger partial charge in [0.2, 0.25) is 0 Å². The number of aromatic amines is 1. The third kappa shape index (κ3) is 7.26. The molecule has 5 N–H and O–H groups in total. The molecular formula is C9H14FN2O11P3S2. The van der Waals surface area contributed by atoms with Gasteiger partial charge in [0.25, 0.3) is 0 Å². The van der Waals surface area contributed by atoms with Crippen molar-refractivity contribution < 1.29 is 55.5 Å². The SMILES string of the molecule is O=P(O)(O)OP(=O)(O)OP(=O)(O)OC[C@@H]1C[C@H](F)[C@H](n2ccc(=S)[nH]c2=S)O1. The number of nitrogens with one attached hydrogen (secondary N) is 1. The summed E-state index contributed by atoms with van der Waals surface area (Å²) in [5, 5.41) is 0. The van der Waals surface area contributed by atoms with Gasteiger partial charge in [-0.25, -0.2) is 18.1 Å². The summed E-state index contributed by atoms with van der Waals surface area (Å²) in [6.45, 7) is -0.753. The first kappa shape index (κ1) is 24.1. The van der Waals surface area contributed by atoms with E-state index in [0.717, 1.165) is 0 Å². The summed E-state index contributed by atoms with van der Waals surface area (Å²) >= 11 is 9.90. The van der Waals surface area contributed by atoms with Crippen LogP contribution in [0.2, 0.25) is 0 Å². The lowest BCUT2D eigenvalue weighted by Gasteiger charge is -2.19. The van der Waals surface area contributed by atoms with Gasteiger partial charge in [-0.3, -0.25) is 9.09 Å². The van der Waals surface area contributed by atoms with Crippen molar-refractivity contribution in [3.05, 3.63) is 21.7 Å². The number of hydrogen-bond acceptors (Lipinski definition) is 9. The van der Waals surface area contributed by atoms with E-state index in [1.165, 1.54) is 16.8 Å². The van der Waals surface area contributed by atoms with Crippen LogP contribution in [0.15, 0.2) is 12.3 Å². The fourth-order valence-electron chi connectivity index (χ4n) is 2.16. The minimum atomic E-state index is -5.63. The number of phosphoric acid groups is 3. The lowest BCUT2D eigenvalue weighted by Crippen LogP contribution is -2.19. The van der Waals surface area contributed by atoms with E-state index in [2.05, 4.69) is 18.1 Å². The lowest BCUT2D eigenvalue weighted by molar-refractivity contribution is -0.0379. The molecule has 2 heterocycles. The van der Waals surface area contributed by atoms with E-state index >= 15 is 0 Å². The molecule has 0 saturated carbocycles. The average molecular weight is 502 g/mol. The van der Waals surface area contributed by atoms with Crippen LogP contribution in [-0.4, -0.2) is 48.0 Å². The van der Waals surface area contributed by atoms with Crippen molar-refractivity contribution in [3.8, 4) is 0 Å². The molecule has 0 radical (unpaired) electrons. The van der Waals surface area contributed by atoms with Gasteiger partial charge in [0.15, 0.2) is 11.0 Å². The van der Waals surface area contributed by atoms with Gasteiger partial charge in [-0.2, -0.15) is 8.62 Å². The number of hydrogen-bond donors (Lipinski definition) is 5. The Morgan fingerprint density at radius 3 is 2.43 bits per heavy atom. The van der Waals surface area contributed by atoms with E-state index in [4.69, 9.17) is 43.9 Å². The first-order valence-corrected chi connectivity index (χ1v) is 12.4. The van der Waals surface area contributed by atoms with Crippen molar-refractivity contribution in [2.75, 3.05) is 6.61 Å². The second kappa shape index (κ2) is 8.90. The number of aromatic nitrogens is 2. The van der Waals surface area contributed by atoms with Gasteiger partial charge in [0, 0.05) is 12.6 Å². The summed E-state index contributed by atoms with van der Waals surface area (Å²) in [7, 11) is -16.4. The van der Waals surface area contributed by atoms with Crippen LogP contribution in [0.4, 0.5) is 4.39 Å². The molecule has 2 rings (SSSR count). The molecule has 1 fully saturated rings. The average Bonchev–Trinajstić information content (AvgIpc) is 2.82. The van der Waals surface area contributed by atoms with E-state index < -0.39 is 48.6 Å². The number of ether oxygens (including phenoxy) is 1. The Bertz CT molecular complexity index is 979. The molecule has 0 amide bonds. The maximum atomic E-state index is 14.2. The lowest BCUT2D eigenvalue weighted by atomic mass is 10.2. The Morgan fingerprint density at radius 2 is 1.86 bits per heavy atom. The quantitative estimate of drug-likeness (QED) is 0.257. The Labute approximate surface area is 166 Å². The minimum Gasteiger partial charge on any atom is -0.349 e. The van der Waals surface area contributed by atoms with Crippen LogP contribution in [0.3, 0.4) is 0 Å². The smallest absolute Gasteiger partial charge is 0.349 e. The van der Waals surface area contributed by atoms with Gasteiger partial charge >= 0.3 is 23.5 Å². The molecule has 1 aliphatic heterocycles. The number of H-pyrrole nitrogens is 1. The van der Waals surface area contributed by atoms with E-state index in [1.807, 2.05) is 0 Å². The standard InChI is InChI=1S/C9H14FN2O11P3S2/c10-6-3-5(21-8(6)12-2-1-7(27)11-9(12)28)4-20-25(16,17)23-26(18,19)22-24(13,14)15/h1-2,5-6,8H,3-4H2,(H,16,17)(H,18,19)(H,11,27,28)(H2,13,14,15)/t5-,6-,8+/m0/s1. The van der Waals surface area contributed by atoms with Gasteiger partial charge in [-0.1, -0.05) is 12.2 Å². The molecule has 160 valence electrons. The summed E-state index contributed by atoms with van der Waals surface area (Å²) in [5.74, 6) is 0. The maximum absolute atomic E-state index is 14.2. The molecule has 0 aromatic carbocycles. The van der Waals surface area contributed by atoms with Crippen molar-refractivity contribution in [2.24, 2.45) is 0 Å². The molecule has 0 spiro atoms. The molecule has 1 aliphatic rings.